The first-order valence-electron chi connectivity index (χ1n) is 9.40. The van der Waals surface area contributed by atoms with Crippen molar-refractivity contribution in [1.82, 2.24) is 4.98 Å². The fourth-order valence-corrected chi connectivity index (χ4v) is 3.41. The van der Waals surface area contributed by atoms with E-state index in [0.29, 0.717) is 39.6 Å². The molecular formula is C21H26ClN3O4. The van der Waals surface area contributed by atoms with E-state index in [9.17, 15) is 14.7 Å². The van der Waals surface area contributed by atoms with Gasteiger partial charge < -0.3 is 20.9 Å². The summed E-state index contributed by atoms with van der Waals surface area (Å²) in [6.45, 7) is 3.63. The molecule has 1 atom stereocenters. The van der Waals surface area contributed by atoms with Crippen molar-refractivity contribution in [2.75, 3.05) is 12.4 Å². The van der Waals surface area contributed by atoms with Crippen molar-refractivity contribution >= 4 is 29.1 Å². The first kappa shape index (κ1) is 22.6. The van der Waals surface area contributed by atoms with Crippen LogP contribution in [0.3, 0.4) is 0 Å². The van der Waals surface area contributed by atoms with Crippen LogP contribution < -0.4 is 15.8 Å². The Morgan fingerprint density at radius 3 is 2.69 bits per heavy atom. The highest BCUT2D eigenvalue weighted by atomic mass is 35.5. The second kappa shape index (κ2) is 10.2. The average Bonchev–Trinajstić information content (AvgIpc) is 2.66. The highest BCUT2D eigenvalue weighted by molar-refractivity contribution is 6.30. The third-order valence-electron chi connectivity index (χ3n) is 4.51. The van der Waals surface area contributed by atoms with Crippen LogP contribution in [0.4, 0.5) is 5.69 Å². The maximum atomic E-state index is 12.7. The molecule has 1 aromatic heterocycles. The number of nitrogens with one attached hydrogen (secondary N) is 1. The van der Waals surface area contributed by atoms with Crippen molar-refractivity contribution in [3.8, 4) is 5.75 Å². The molecule has 0 bridgehead atoms. The van der Waals surface area contributed by atoms with Gasteiger partial charge in [0, 0.05) is 33.6 Å². The van der Waals surface area contributed by atoms with Crippen LogP contribution in [-0.4, -0.2) is 29.0 Å². The number of methoxy groups -OCH3 is 1. The number of aromatic nitrogens is 1. The van der Waals surface area contributed by atoms with Gasteiger partial charge in [-0.1, -0.05) is 24.9 Å². The molecule has 0 spiro atoms. The molecule has 0 aliphatic rings. The first-order valence-corrected chi connectivity index (χ1v) is 9.78. The zero-order valence-corrected chi connectivity index (χ0v) is 17.5. The molecule has 2 amide bonds. The van der Waals surface area contributed by atoms with E-state index in [-0.39, 0.29) is 18.0 Å². The van der Waals surface area contributed by atoms with Crippen molar-refractivity contribution in [3.05, 3.63) is 51.8 Å². The molecule has 0 fully saturated rings. The number of carbonyl (C=O) groups is 2. The summed E-state index contributed by atoms with van der Waals surface area (Å²) in [5.41, 5.74) is 7.78. The minimum absolute atomic E-state index is 0.0229. The Morgan fingerprint density at radius 1 is 1.38 bits per heavy atom. The van der Waals surface area contributed by atoms with Gasteiger partial charge in [0.05, 0.1) is 19.6 Å². The summed E-state index contributed by atoms with van der Waals surface area (Å²) in [4.78, 5) is 28.5. The lowest BCUT2D eigenvalue weighted by Gasteiger charge is -2.17. The van der Waals surface area contributed by atoms with Crippen LogP contribution in [-0.2, 0) is 17.6 Å². The number of rotatable bonds is 9. The molecule has 2 aromatic rings. The number of amides is 2. The van der Waals surface area contributed by atoms with Crippen LogP contribution in [0, 0.1) is 0 Å². The summed E-state index contributed by atoms with van der Waals surface area (Å²) in [5, 5.41) is 13.2. The van der Waals surface area contributed by atoms with Gasteiger partial charge in [-0.25, -0.2) is 0 Å². The van der Waals surface area contributed by atoms with E-state index in [1.165, 1.54) is 13.3 Å². The number of benzene rings is 1. The highest BCUT2D eigenvalue weighted by Crippen LogP contribution is 2.33. The van der Waals surface area contributed by atoms with Crippen molar-refractivity contribution in [2.45, 2.75) is 45.6 Å². The van der Waals surface area contributed by atoms with Crippen LogP contribution >= 0.6 is 11.6 Å². The van der Waals surface area contributed by atoms with Crippen LogP contribution in [0.15, 0.2) is 24.4 Å². The lowest BCUT2D eigenvalue weighted by molar-refractivity contribution is -0.115. The molecule has 156 valence electrons. The number of anilines is 1. The maximum absolute atomic E-state index is 12.7. The Morgan fingerprint density at radius 2 is 2.10 bits per heavy atom. The summed E-state index contributed by atoms with van der Waals surface area (Å²) in [7, 11) is 1.47. The largest absolute Gasteiger partial charge is 0.496 e. The molecule has 4 N–H and O–H groups in total. The summed E-state index contributed by atoms with van der Waals surface area (Å²) < 4.78 is 5.40. The van der Waals surface area contributed by atoms with Gasteiger partial charge in [-0.15, -0.1) is 0 Å². The fourth-order valence-electron chi connectivity index (χ4n) is 3.16. The molecule has 2 rings (SSSR count). The average molecular weight is 420 g/mol. The number of nitrogens with zero attached hydrogens (tertiary/aromatic N) is 1. The summed E-state index contributed by atoms with van der Waals surface area (Å²) in [6, 6.07) is 4.88. The predicted octanol–water partition coefficient (Wildman–Crippen LogP) is 3.42. The van der Waals surface area contributed by atoms with Crippen LogP contribution in [0.2, 0.25) is 5.02 Å². The van der Waals surface area contributed by atoms with E-state index in [2.05, 4.69) is 10.3 Å². The zero-order valence-electron chi connectivity index (χ0n) is 16.8. The molecule has 0 aliphatic carbocycles. The smallest absolute Gasteiger partial charge is 0.267 e. The minimum Gasteiger partial charge on any atom is -0.496 e. The number of primary amides is 1. The Bertz CT molecular complexity index is 900. The van der Waals surface area contributed by atoms with Gasteiger partial charge >= 0.3 is 0 Å². The van der Waals surface area contributed by atoms with Gasteiger partial charge in [0.1, 0.15) is 11.4 Å². The standard InChI is InChI=1S/C21H26ClN3O4/c1-4-5-6-15-17(7-8-24-19(15)21(23)28)25-18(27)10-13-9-14(22)11-16(12(2)26)20(13)29-3/h7-9,11-12,26H,4-6,10H2,1-3H3,(H2,23,28)(H,24,25,27). The lowest BCUT2D eigenvalue weighted by Crippen LogP contribution is -2.20. The van der Waals surface area contributed by atoms with Crippen molar-refractivity contribution in [3.63, 3.8) is 0 Å². The summed E-state index contributed by atoms with van der Waals surface area (Å²) in [5.74, 6) is -0.537. The highest BCUT2D eigenvalue weighted by Gasteiger charge is 2.19. The van der Waals surface area contributed by atoms with E-state index in [1.54, 1.807) is 25.1 Å². The van der Waals surface area contributed by atoms with E-state index in [1.807, 2.05) is 6.92 Å². The van der Waals surface area contributed by atoms with Gasteiger partial charge in [0.2, 0.25) is 5.91 Å². The van der Waals surface area contributed by atoms with Gasteiger partial charge in [0.15, 0.2) is 0 Å². The molecule has 1 unspecified atom stereocenters. The second-order valence-electron chi connectivity index (χ2n) is 6.74. The molecule has 1 aromatic carbocycles. The summed E-state index contributed by atoms with van der Waals surface area (Å²) in [6.07, 6.45) is 2.94. The lowest BCUT2D eigenvalue weighted by atomic mass is 10.0. The van der Waals surface area contributed by atoms with Crippen molar-refractivity contribution in [2.24, 2.45) is 5.73 Å². The monoisotopic (exact) mass is 419 g/mol. The number of hydrogen-bond donors (Lipinski definition) is 3. The van der Waals surface area contributed by atoms with Crippen molar-refractivity contribution < 1.29 is 19.4 Å². The number of hydrogen-bond acceptors (Lipinski definition) is 5. The molecule has 7 nitrogen and oxygen atoms in total. The number of pyridine rings is 1. The summed E-state index contributed by atoms with van der Waals surface area (Å²) >= 11 is 6.15. The van der Waals surface area contributed by atoms with Gasteiger partial charge in [-0.05, 0) is 38.0 Å². The van der Waals surface area contributed by atoms with E-state index in [4.69, 9.17) is 22.1 Å². The quantitative estimate of drug-likeness (QED) is 0.576. The molecule has 0 saturated heterocycles. The van der Waals surface area contributed by atoms with E-state index >= 15 is 0 Å². The fraction of sp³-hybridized carbons (Fsp3) is 0.381. The van der Waals surface area contributed by atoms with E-state index in [0.717, 1.165) is 12.8 Å². The number of unbranched alkanes of at least 4 members (excludes halogenated alkanes) is 1. The number of nitrogens with two attached hydrogens (primary N) is 1. The maximum Gasteiger partial charge on any atom is 0.267 e. The predicted molar refractivity (Wildman–Crippen MR) is 112 cm³/mol. The van der Waals surface area contributed by atoms with Crippen molar-refractivity contribution in [1.29, 1.82) is 0 Å². The molecular weight excluding hydrogens is 394 g/mol. The van der Waals surface area contributed by atoms with Crippen LogP contribution in [0.25, 0.3) is 0 Å². The zero-order chi connectivity index (χ0) is 21.6. The number of aliphatic hydroxyl groups is 1. The second-order valence-corrected chi connectivity index (χ2v) is 7.18. The third kappa shape index (κ3) is 5.68. The Balaban J connectivity index is 2.33. The topological polar surface area (TPSA) is 115 Å². The Kier molecular flexibility index (Phi) is 7.99. The van der Waals surface area contributed by atoms with Crippen LogP contribution in [0.5, 0.6) is 5.75 Å². The molecule has 8 heteroatoms. The van der Waals surface area contributed by atoms with Gasteiger partial charge in [0.25, 0.3) is 5.91 Å². The number of aliphatic hydroxyl groups excluding tert-OH is 1. The molecule has 29 heavy (non-hydrogen) atoms. The molecule has 0 saturated carbocycles. The SMILES string of the molecule is CCCCc1c(NC(=O)Cc2cc(Cl)cc(C(C)O)c2OC)ccnc1C(N)=O. The van der Waals surface area contributed by atoms with E-state index < -0.39 is 12.0 Å². The number of halogens is 1. The van der Waals surface area contributed by atoms with Gasteiger partial charge in [-0.3, -0.25) is 14.6 Å². The van der Waals surface area contributed by atoms with Gasteiger partial charge in [-0.2, -0.15) is 0 Å². The normalized spacial score (nSPS) is 11.8. The Hall–Kier alpha value is -2.64. The minimum atomic E-state index is -0.801. The number of carbonyl (C=O) groups excluding carboxylic acids is 2. The first-order chi connectivity index (χ1) is 13.8. The van der Waals surface area contributed by atoms with Crippen LogP contribution in [0.1, 0.15) is 60.0 Å². The molecule has 0 radical (unpaired) electrons. The third-order valence-corrected chi connectivity index (χ3v) is 4.73. The number of ether oxygens (including phenoxy) is 1. The molecule has 1 heterocycles. The Labute approximate surface area is 175 Å². The molecule has 0 aliphatic heterocycles.